The molecule has 2 fully saturated rings. The van der Waals surface area contributed by atoms with Crippen molar-refractivity contribution < 1.29 is 14.0 Å². The third kappa shape index (κ3) is 4.57. The number of halogens is 1. The number of piperazine rings is 1. The summed E-state index contributed by atoms with van der Waals surface area (Å²) in [5, 5.41) is 0. The minimum Gasteiger partial charge on any atom is -0.368 e. The van der Waals surface area contributed by atoms with Crippen molar-refractivity contribution in [3.63, 3.8) is 0 Å². The van der Waals surface area contributed by atoms with Crippen molar-refractivity contribution in [2.45, 2.75) is 44.7 Å². The van der Waals surface area contributed by atoms with E-state index >= 15 is 0 Å². The van der Waals surface area contributed by atoms with E-state index in [1.807, 2.05) is 13.0 Å². The second kappa shape index (κ2) is 7.52. The normalized spacial score (nSPS) is 22.6. The van der Waals surface area contributed by atoms with Crippen LogP contribution in [0, 0.1) is 11.7 Å². The summed E-state index contributed by atoms with van der Waals surface area (Å²) in [5.41, 5.74) is 6.45. The highest BCUT2D eigenvalue weighted by Crippen LogP contribution is 2.30. The SMILES string of the molecule is CC(CC(=O)N1CCN(C2CC2)C(C(N)=O)C1)Cc1cccc(F)c1. The van der Waals surface area contributed by atoms with Gasteiger partial charge in [-0.1, -0.05) is 19.1 Å². The van der Waals surface area contributed by atoms with Crippen LogP contribution in [0.2, 0.25) is 0 Å². The molecule has 1 aromatic rings. The van der Waals surface area contributed by atoms with Gasteiger partial charge in [0.15, 0.2) is 0 Å². The molecule has 1 aliphatic carbocycles. The van der Waals surface area contributed by atoms with E-state index in [0.29, 0.717) is 38.5 Å². The highest BCUT2D eigenvalue weighted by atomic mass is 19.1. The van der Waals surface area contributed by atoms with Crippen LogP contribution in [0.25, 0.3) is 0 Å². The molecule has 0 spiro atoms. The number of rotatable bonds is 6. The van der Waals surface area contributed by atoms with Crippen molar-refractivity contribution in [2.24, 2.45) is 11.7 Å². The molecule has 6 heteroatoms. The fourth-order valence-corrected chi connectivity index (χ4v) is 3.69. The van der Waals surface area contributed by atoms with Crippen LogP contribution in [-0.2, 0) is 16.0 Å². The summed E-state index contributed by atoms with van der Waals surface area (Å²) >= 11 is 0. The summed E-state index contributed by atoms with van der Waals surface area (Å²) in [6, 6.07) is 6.58. The van der Waals surface area contributed by atoms with E-state index in [4.69, 9.17) is 5.73 Å². The molecule has 2 N–H and O–H groups in total. The summed E-state index contributed by atoms with van der Waals surface area (Å²) < 4.78 is 13.3. The van der Waals surface area contributed by atoms with Crippen LogP contribution in [0.1, 0.15) is 31.7 Å². The van der Waals surface area contributed by atoms with Crippen molar-refractivity contribution in [1.29, 1.82) is 0 Å². The first-order valence-electron chi connectivity index (χ1n) is 9.01. The van der Waals surface area contributed by atoms with Gasteiger partial charge in [0.25, 0.3) is 0 Å². The lowest BCUT2D eigenvalue weighted by atomic mass is 9.97. The van der Waals surface area contributed by atoms with Crippen LogP contribution in [0.3, 0.4) is 0 Å². The van der Waals surface area contributed by atoms with Crippen LogP contribution in [0.5, 0.6) is 0 Å². The Bertz CT molecular complexity index is 647. The zero-order valence-electron chi connectivity index (χ0n) is 14.7. The molecule has 2 atom stereocenters. The number of carbonyl (C=O) groups excluding carboxylic acids is 2. The summed E-state index contributed by atoms with van der Waals surface area (Å²) in [6.07, 6.45) is 3.28. The van der Waals surface area contributed by atoms with Crippen molar-refractivity contribution in [3.8, 4) is 0 Å². The molecule has 1 saturated carbocycles. The van der Waals surface area contributed by atoms with Crippen LogP contribution >= 0.6 is 0 Å². The molecule has 2 aliphatic rings. The van der Waals surface area contributed by atoms with E-state index < -0.39 is 0 Å². The molecular formula is C19H26FN3O2. The third-order valence-corrected chi connectivity index (χ3v) is 5.12. The van der Waals surface area contributed by atoms with Gasteiger partial charge in [0.2, 0.25) is 11.8 Å². The maximum absolute atomic E-state index is 13.3. The Morgan fingerprint density at radius 3 is 2.72 bits per heavy atom. The van der Waals surface area contributed by atoms with Crippen molar-refractivity contribution in [1.82, 2.24) is 9.80 Å². The molecule has 1 heterocycles. The molecule has 25 heavy (non-hydrogen) atoms. The van der Waals surface area contributed by atoms with Gasteiger partial charge in [0.05, 0.1) is 0 Å². The molecule has 0 radical (unpaired) electrons. The largest absolute Gasteiger partial charge is 0.368 e. The first kappa shape index (κ1) is 17.9. The van der Waals surface area contributed by atoms with E-state index in [9.17, 15) is 14.0 Å². The second-order valence-electron chi connectivity index (χ2n) is 7.37. The minimum absolute atomic E-state index is 0.0469. The number of hydrogen-bond donors (Lipinski definition) is 1. The van der Waals surface area contributed by atoms with Gasteiger partial charge < -0.3 is 10.6 Å². The lowest BCUT2D eigenvalue weighted by Crippen LogP contribution is -2.60. The van der Waals surface area contributed by atoms with Crippen molar-refractivity contribution >= 4 is 11.8 Å². The Labute approximate surface area is 148 Å². The van der Waals surface area contributed by atoms with Crippen LogP contribution in [0.15, 0.2) is 24.3 Å². The van der Waals surface area contributed by atoms with Gasteiger partial charge in [-0.2, -0.15) is 0 Å². The molecule has 136 valence electrons. The summed E-state index contributed by atoms with van der Waals surface area (Å²) in [5.74, 6) is -0.442. The monoisotopic (exact) mass is 347 g/mol. The van der Waals surface area contributed by atoms with Gasteiger partial charge in [-0.05, 0) is 42.9 Å². The van der Waals surface area contributed by atoms with Crippen LogP contribution in [0.4, 0.5) is 4.39 Å². The Kier molecular flexibility index (Phi) is 5.37. The maximum atomic E-state index is 13.3. The number of primary amides is 1. The lowest BCUT2D eigenvalue weighted by molar-refractivity contribution is -0.138. The predicted molar refractivity (Wildman–Crippen MR) is 93.2 cm³/mol. The highest BCUT2D eigenvalue weighted by Gasteiger charge is 2.40. The van der Waals surface area contributed by atoms with E-state index in [1.54, 1.807) is 11.0 Å². The van der Waals surface area contributed by atoms with Crippen LogP contribution in [-0.4, -0.2) is 53.3 Å². The number of carbonyl (C=O) groups is 2. The van der Waals surface area contributed by atoms with Crippen LogP contribution < -0.4 is 5.73 Å². The molecule has 0 aromatic heterocycles. The Morgan fingerprint density at radius 1 is 1.32 bits per heavy atom. The minimum atomic E-state index is -0.372. The zero-order chi connectivity index (χ0) is 18.0. The Hall–Kier alpha value is -1.95. The van der Waals surface area contributed by atoms with Gasteiger partial charge in [0.1, 0.15) is 11.9 Å². The lowest BCUT2D eigenvalue weighted by Gasteiger charge is -2.40. The van der Waals surface area contributed by atoms with Gasteiger partial charge in [0, 0.05) is 32.1 Å². The molecule has 5 nitrogen and oxygen atoms in total. The molecule has 2 unspecified atom stereocenters. The summed E-state index contributed by atoms with van der Waals surface area (Å²) in [6.45, 7) is 3.74. The Morgan fingerprint density at radius 2 is 2.08 bits per heavy atom. The summed E-state index contributed by atoms with van der Waals surface area (Å²) in [4.78, 5) is 28.3. The van der Waals surface area contributed by atoms with E-state index in [0.717, 1.165) is 18.4 Å². The van der Waals surface area contributed by atoms with E-state index in [-0.39, 0.29) is 29.6 Å². The quantitative estimate of drug-likeness (QED) is 0.849. The number of benzene rings is 1. The summed E-state index contributed by atoms with van der Waals surface area (Å²) in [7, 11) is 0. The van der Waals surface area contributed by atoms with E-state index in [1.165, 1.54) is 12.1 Å². The van der Waals surface area contributed by atoms with E-state index in [2.05, 4.69) is 4.90 Å². The number of amides is 2. The van der Waals surface area contributed by atoms with Crippen molar-refractivity contribution in [2.75, 3.05) is 19.6 Å². The molecule has 1 aliphatic heterocycles. The van der Waals surface area contributed by atoms with Gasteiger partial charge in [-0.3, -0.25) is 14.5 Å². The maximum Gasteiger partial charge on any atom is 0.236 e. The topological polar surface area (TPSA) is 66.6 Å². The molecule has 0 bridgehead atoms. The average molecular weight is 347 g/mol. The molecular weight excluding hydrogens is 321 g/mol. The fourth-order valence-electron chi connectivity index (χ4n) is 3.69. The Balaban J connectivity index is 1.54. The molecule has 3 rings (SSSR count). The van der Waals surface area contributed by atoms with Crippen molar-refractivity contribution in [3.05, 3.63) is 35.6 Å². The number of hydrogen-bond acceptors (Lipinski definition) is 3. The highest BCUT2D eigenvalue weighted by molar-refractivity contribution is 5.82. The third-order valence-electron chi connectivity index (χ3n) is 5.12. The first-order chi connectivity index (χ1) is 11.9. The molecule has 2 amide bonds. The fraction of sp³-hybridized carbons (Fsp3) is 0.579. The van der Waals surface area contributed by atoms with Gasteiger partial charge in [-0.25, -0.2) is 4.39 Å². The molecule has 1 aromatic carbocycles. The second-order valence-corrected chi connectivity index (χ2v) is 7.37. The number of nitrogens with two attached hydrogens (primary N) is 1. The predicted octanol–water partition coefficient (Wildman–Crippen LogP) is 1.55. The van der Waals surface area contributed by atoms with Gasteiger partial charge >= 0.3 is 0 Å². The van der Waals surface area contributed by atoms with Gasteiger partial charge in [-0.15, -0.1) is 0 Å². The number of nitrogens with zero attached hydrogens (tertiary/aromatic N) is 2. The smallest absolute Gasteiger partial charge is 0.236 e. The average Bonchev–Trinajstić information content (AvgIpc) is 3.38. The standard InChI is InChI=1S/C19H26FN3O2/c1-13(9-14-3-2-4-15(20)11-14)10-18(24)22-7-8-23(16-5-6-16)17(12-22)19(21)25/h2-4,11,13,16-17H,5-10,12H2,1H3,(H2,21,25). The first-order valence-corrected chi connectivity index (χ1v) is 9.01. The zero-order valence-corrected chi connectivity index (χ0v) is 14.7. The molecule has 1 saturated heterocycles.